The van der Waals surface area contributed by atoms with Crippen molar-refractivity contribution >= 4 is 16.6 Å². The monoisotopic (exact) mass is 249 g/mol. The van der Waals surface area contributed by atoms with Crippen LogP contribution in [0.3, 0.4) is 0 Å². The van der Waals surface area contributed by atoms with Crippen LogP contribution < -0.4 is 5.32 Å². The molecule has 0 saturated heterocycles. The predicted molar refractivity (Wildman–Crippen MR) is 78.0 cm³/mol. The van der Waals surface area contributed by atoms with Gasteiger partial charge in [0.2, 0.25) is 0 Å². The summed E-state index contributed by atoms with van der Waals surface area (Å²) < 4.78 is 0. The van der Waals surface area contributed by atoms with Crippen LogP contribution in [0.2, 0.25) is 0 Å². The van der Waals surface area contributed by atoms with Crippen LogP contribution in [0.25, 0.3) is 10.9 Å². The zero-order valence-electron chi connectivity index (χ0n) is 10.7. The molecule has 1 N–H and O–H groups in total. The van der Waals surface area contributed by atoms with E-state index >= 15 is 0 Å². The van der Waals surface area contributed by atoms with Crippen molar-refractivity contribution < 1.29 is 0 Å². The molecule has 0 radical (unpaired) electrons. The van der Waals surface area contributed by atoms with Crippen molar-refractivity contribution in [1.82, 2.24) is 9.97 Å². The van der Waals surface area contributed by atoms with Gasteiger partial charge in [-0.15, -0.1) is 0 Å². The number of pyridine rings is 2. The summed E-state index contributed by atoms with van der Waals surface area (Å²) in [6.07, 6.45) is 5.54. The van der Waals surface area contributed by atoms with Gasteiger partial charge in [-0.05, 0) is 30.7 Å². The molecule has 0 spiro atoms. The molecule has 0 aliphatic rings. The van der Waals surface area contributed by atoms with Crippen LogP contribution in [0, 0.1) is 0 Å². The summed E-state index contributed by atoms with van der Waals surface area (Å²) in [5.41, 5.74) is 3.20. The third-order valence-electron chi connectivity index (χ3n) is 3.16. The van der Waals surface area contributed by atoms with Gasteiger partial charge in [0.1, 0.15) is 0 Å². The van der Waals surface area contributed by atoms with E-state index in [-0.39, 0.29) is 6.04 Å². The van der Waals surface area contributed by atoms with Crippen LogP contribution in [0.5, 0.6) is 0 Å². The maximum atomic E-state index is 4.45. The van der Waals surface area contributed by atoms with Crippen molar-refractivity contribution in [3.63, 3.8) is 0 Å². The fourth-order valence-corrected chi connectivity index (χ4v) is 2.12. The Labute approximate surface area is 112 Å². The predicted octanol–water partition coefficient (Wildman–Crippen LogP) is 3.80. The third kappa shape index (κ3) is 2.55. The van der Waals surface area contributed by atoms with E-state index in [1.165, 1.54) is 0 Å². The Kier molecular flexibility index (Phi) is 3.11. The zero-order chi connectivity index (χ0) is 13.1. The molecule has 3 rings (SSSR count). The van der Waals surface area contributed by atoms with Gasteiger partial charge in [-0.1, -0.05) is 24.3 Å². The van der Waals surface area contributed by atoms with Gasteiger partial charge in [0.25, 0.3) is 0 Å². The molecule has 1 unspecified atom stereocenters. The molecule has 1 aromatic carbocycles. The first-order chi connectivity index (χ1) is 9.33. The SMILES string of the molecule is CC(Nc1cnc2ccccc2c1)c1cccnc1. The van der Waals surface area contributed by atoms with E-state index in [2.05, 4.69) is 40.4 Å². The number of benzene rings is 1. The summed E-state index contributed by atoms with van der Waals surface area (Å²) in [5.74, 6) is 0. The Hall–Kier alpha value is -2.42. The minimum atomic E-state index is 0.205. The smallest absolute Gasteiger partial charge is 0.0703 e. The van der Waals surface area contributed by atoms with E-state index in [4.69, 9.17) is 0 Å². The van der Waals surface area contributed by atoms with Gasteiger partial charge in [-0.2, -0.15) is 0 Å². The van der Waals surface area contributed by atoms with Crippen molar-refractivity contribution in [2.45, 2.75) is 13.0 Å². The zero-order valence-corrected chi connectivity index (χ0v) is 10.7. The molecule has 0 aliphatic heterocycles. The lowest BCUT2D eigenvalue weighted by molar-refractivity contribution is 0.875. The summed E-state index contributed by atoms with van der Waals surface area (Å²) >= 11 is 0. The van der Waals surface area contributed by atoms with Crippen LogP contribution in [0.1, 0.15) is 18.5 Å². The van der Waals surface area contributed by atoms with Crippen molar-refractivity contribution in [1.29, 1.82) is 0 Å². The maximum Gasteiger partial charge on any atom is 0.0703 e. The normalized spacial score (nSPS) is 12.3. The number of nitrogens with one attached hydrogen (secondary N) is 1. The van der Waals surface area contributed by atoms with Gasteiger partial charge in [0, 0.05) is 17.8 Å². The first-order valence-electron chi connectivity index (χ1n) is 6.34. The summed E-state index contributed by atoms with van der Waals surface area (Å²) in [7, 11) is 0. The van der Waals surface area contributed by atoms with E-state index in [9.17, 15) is 0 Å². The summed E-state index contributed by atoms with van der Waals surface area (Å²) in [6, 6.07) is 14.5. The fourth-order valence-electron chi connectivity index (χ4n) is 2.12. The molecule has 2 heterocycles. The molecule has 19 heavy (non-hydrogen) atoms. The van der Waals surface area contributed by atoms with Gasteiger partial charge in [0.05, 0.1) is 23.4 Å². The number of hydrogen-bond acceptors (Lipinski definition) is 3. The summed E-state index contributed by atoms with van der Waals surface area (Å²) in [5, 5.41) is 4.59. The molecule has 0 saturated carbocycles. The van der Waals surface area contributed by atoms with E-state index < -0.39 is 0 Å². The number of anilines is 1. The number of hydrogen-bond donors (Lipinski definition) is 1. The van der Waals surface area contributed by atoms with Gasteiger partial charge >= 0.3 is 0 Å². The van der Waals surface area contributed by atoms with Crippen molar-refractivity contribution in [3.8, 4) is 0 Å². The highest BCUT2D eigenvalue weighted by molar-refractivity contribution is 5.81. The van der Waals surface area contributed by atoms with Crippen LogP contribution in [-0.4, -0.2) is 9.97 Å². The summed E-state index contributed by atoms with van der Waals surface area (Å²) in [6.45, 7) is 2.12. The van der Waals surface area contributed by atoms with Crippen LogP contribution in [0.15, 0.2) is 61.1 Å². The number of fused-ring (bicyclic) bond motifs is 1. The standard InChI is InChI=1S/C16H15N3/c1-12(14-6-4-8-17-10-14)19-15-9-13-5-2-3-7-16(13)18-11-15/h2-12,19H,1H3. The average Bonchev–Trinajstić information content (AvgIpc) is 2.48. The van der Waals surface area contributed by atoms with E-state index in [1.54, 1.807) is 6.20 Å². The lowest BCUT2D eigenvalue weighted by atomic mass is 10.1. The largest absolute Gasteiger partial charge is 0.377 e. The minimum Gasteiger partial charge on any atom is -0.377 e. The highest BCUT2D eigenvalue weighted by Gasteiger charge is 2.05. The Morgan fingerprint density at radius 3 is 2.79 bits per heavy atom. The Morgan fingerprint density at radius 1 is 1.05 bits per heavy atom. The van der Waals surface area contributed by atoms with Crippen LogP contribution in [-0.2, 0) is 0 Å². The van der Waals surface area contributed by atoms with E-state index in [0.29, 0.717) is 0 Å². The van der Waals surface area contributed by atoms with E-state index in [1.807, 2.05) is 36.7 Å². The molecular weight excluding hydrogens is 234 g/mol. The quantitative estimate of drug-likeness (QED) is 0.767. The van der Waals surface area contributed by atoms with Gasteiger partial charge in [-0.25, -0.2) is 0 Å². The molecule has 0 bridgehead atoms. The van der Waals surface area contributed by atoms with Gasteiger partial charge in [0.15, 0.2) is 0 Å². The van der Waals surface area contributed by atoms with Crippen molar-refractivity contribution in [2.24, 2.45) is 0 Å². The van der Waals surface area contributed by atoms with E-state index in [0.717, 1.165) is 22.2 Å². The van der Waals surface area contributed by atoms with Gasteiger partial charge in [-0.3, -0.25) is 9.97 Å². The maximum absolute atomic E-state index is 4.45. The van der Waals surface area contributed by atoms with Crippen LogP contribution >= 0.6 is 0 Å². The minimum absolute atomic E-state index is 0.205. The number of para-hydroxylation sites is 1. The molecule has 2 aromatic heterocycles. The molecule has 3 nitrogen and oxygen atoms in total. The van der Waals surface area contributed by atoms with Crippen molar-refractivity contribution in [2.75, 3.05) is 5.32 Å². The molecule has 3 aromatic rings. The molecule has 0 fully saturated rings. The fraction of sp³-hybridized carbons (Fsp3) is 0.125. The first kappa shape index (κ1) is 11.7. The molecule has 3 heteroatoms. The second-order valence-electron chi connectivity index (χ2n) is 4.57. The molecule has 0 aliphatic carbocycles. The lowest BCUT2D eigenvalue weighted by Crippen LogP contribution is -2.06. The Bertz CT molecular complexity index is 680. The topological polar surface area (TPSA) is 37.8 Å². The number of nitrogens with zero attached hydrogens (tertiary/aromatic N) is 2. The highest BCUT2D eigenvalue weighted by Crippen LogP contribution is 2.21. The highest BCUT2D eigenvalue weighted by atomic mass is 14.9. The van der Waals surface area contributed by atoms with Gasteiger partial charge < -0.3 is 5.32 Å². The molecule has 94 valence electrons. The Balaban J connectivity index is 1.85. The Morgan fingerprint density at radius 2 is 1.95 bits per heavy atom. The van der Waals surface area contributed by atoms with Crippen molar-refractivity contribution in [3.05, 3.63) is 66.6 Å². The molecule has 1 atom stereocenters. The second-order valence-corrected chi connectivity index (χ2v) is 4.57. The van der Waals surface area contributed by atoms with Crippen LogP contribution in [0.4, 0.5) is 5.69 Å². The second kappa shape index (κ2) is 5.06. The first-order valence-corrected chi connectivity index (χ1v) is 6.34. The number of rotatable bonds is 3. The molecule has 0 amide bonds. The lowest BCUT2D eigenvalue weighted by Gasteiger charge is -2.15. The molecular formula is C16H15N3. The number of aromatic nitrogens is 2. The summed E-state index contributed by atoms with van der Waals surface area (Å²) in [4.78, 5) is 8.59. The third-order valence-corrected chi connectivity index (χ3v) is 3.16. The average molecular weight is 249 g/mol.